The predicted octanol–water partition coefficient (Wildman–Crippen LogP) is 19.1. The van der Waals surface area contributed by atoms with Crippen molar-refractivity contribution in [3.63, 3.8) is 0 Å². The maximum atomic E-state index is 2.51. The van der Waals surface area contributed by atoms with Gasteiger partial charge in [-0.05, 0) is 139 Å². The lowest BCUT2D eigenvalue weighted by molar-refractivity contribution is 0.484. The zero-order chi connectivity index (χ0) is 45.5. The van der Waals surface area contributed by atoms with Crippen molar-refractivity contribution in [3.05, 3.63) is 198 Å². The van der Waals surface area contributed by atoms with Gasteiger partial charge >= 0.3 is 0 Å². The number of thiophene rings is 1. The van der Waals surface area contributed by atoms with Crippen molar-refractivity contribution in [1.29, 1.82) is 0 Å². The molecule has 1 aromatic heterocycles. The summed E-state index contributed by atoms with van der Waals surface area (Å²) >= 11 is 1.91. The fourth-order valence-corrected chi connectivity index (χ4v) is 11.4. The van der Waals surface area contributed by atoms with Crippen LogP contribution in [0.4, 0.5) is 28.4 Å². The number of benzene rings is 7. The molecule has 66 heavy (non-hydrogen) atoms. The Morgan fingerprint density at radius 1 is 0.439 bits per heavy atom. The SMILES string of the molecule is CCCCCCc1ccc(N(c2ccc(-c3sc(-c4ccc(CC)cc4)c(-c4ccccc4)c3-c3ccccc3)cc2)c2ccc(N3c4ccc(CCCCCC)cc4C3(C)C)cc2)cc1. The molecule has 0 fully saturated rings. The Morgan fingerprint density at radius 2 is 0.894 bits per heavy atom. The Balaban J connectivity index is 1.09. The number of anilines is 5. The Hall–Kier alpha value is -6.16. The van der Waals surface area contributed by atoms with E-state index in [-0.39, 0.29) is 5.54 Å². The quantitative estimate of drug-likeness (QED) is 0.0747. The standard InChI is InChI=1S/C63H66N2S/c1-6-9-11-15-21-47-29-36-53(37-30-47)64(55-40-42-56(43-41-55)65-58-44-31-48(22-16-12-10-7-2)45-57(58)63(65,4)5)54-38-34-52(35-39-54)62-60(50-25-19-14-20-26-50)59(49-23-17-13-18-24-49)61(66-62)51-32-27-46(8-3)28-33-51/h13-14,17-20,23-45H,6-12,15-16,21-22H2,1-5H3. The average molecular weight is 883 g/mol. The van der Waals surface area contributed by atoms with Crippen molar-refractivity contribution in [1.82, 2.24) is 0 Å². The number of hydrogen-bond acceptors (Lipinski definition) is 3. The van der Waals surface area contributed by atoms with Crippen molar-refractivity contribution in [2.75, 3.05) is 9.80 Å². The molecular weight excluding hydrogens is 817 g/mol. The van der Waals surface area contributed by atoms with Crippen LogP contribution >= 0.6 is 11.3 Å². The first kappa shape index (κ1) is 45.0. The molecule has 0 bridgehead atoms. The maximum Gasteiger partial charge on any atom is 0.0666 e. The Labute approximate surface area is 399 Å². The molecular formula is C63H66N2S. The lowest BCUT2D eigenvalue weighted by Gasteiger charge is -2.52. The molecule has 2 heterocycles. The van der Waals surface area contributed by atoms with Gasteiger partial charge in [0.15, 0.2) is 0 Å². The Morgan fingerprint density at radius 3 is 1.41 bits per heavy atom. The summed E-state index contributed by atoms with van der Waals surface area (Å²) in [7, 11) is 0. The summed E-state index contributed by atoms with van der Waals surface area (Å²) in [5, 5.41) is 0. The normalized spacial score (nSPS) is 12.8. The van der Waals surface area contributed by atoms with E-state index in [1.54, 1.807) is 0 Å². The summed E-state index contributed by atoms with van der Waals surface area (Å²) in [6, 6.07) is 66.2. The van der Waals surface area contributed by atoms with E-state index in [1.165, 1.54) is 140 Å². The fourth-order valence-electron chi connectivity index (χ4n) is 10.0. The van der Waals surface area contributed by atoms with E-state index in [0.29, 0.717) is 0 Å². The highest BCUT2D eigenvalue weighted by atomic mass is 32.1. The monoisotopic (exact) mass is 882 g/mol. The molecule has 0 amide bonds. The first-order valence-corrected chi connectivity index (χ1v) is 25.6. The van der Waals surface area contributed by atoms with E-state index in [1.807, 2.05) is 11.3 Å². The molecule has 7 aromatic carbocycles. The van der Waals surface area contributed by atoms with E-state index in [9.17, 15) is 0 Å². The highest BCUT2D eigenvalue weighted by Gasteiger charge is 2.42. The van der Waals surface area contributed by atoms with E-state index in [4.69, 9.17) is 0 Å². The van der Waals surface area contributed by atoms with Crippen LogP contribution in [-0.4, -0.2) is 0 Å². The van der Waals surface area contributed by atoms with Crippen LogP contribution in [-0.2, 0) is 24.8 Å². The van der Waals surface area contributed by atoms with Gasteiger partial charge in [0, 0.05) is 54.9 Å². The third-order valence-electron chi connectivity index (χ3n) is 13.8. The lowest BCUT2D eigenvalue weighted by Crippen LogP contribution is -2.47. The second kappa shape index (κ2) is 20.6. The molecule has 9 rings (SSSR count). The highest BCUT2D eigenvalue weighted by molar-refractivity contribution is 7.20. The van der Waals surface area contributed by atoms with Gasteiger partial charge in [0.2, 0.25) is 0 Å². The van der Waals surface area contributed by atoms with Crippen molar-refractivity contribution < 1.29 is 0 Å². The minimum absolute atomic E-state index is 0.0711. The van der Waals surface area contributed by atoms with Crippen LogP contribution in [0.2, 0.25) is 0 Å². The first-order chi connectivity index (χ1) is 32.4. The van der Waals surface area contributed by atoms with Gasteiger partial charge in [0.25, 0.3) is 0 Å². The number of hydrogen-bond donors (Lipinski definition) is 0. The molecule has 1 aliphatic heterocycles. The number of unbranched alkanes of at least 4 members (excludes halogenated alkanes) is 6. The summed E-state index contributed by atoms with van der Waals surface area (Å²) in [4.78, 5) is 7.53. The van der Waals surface area contributed by atoms with Crippen molar-refractivity contribution in [2.45, 2.75) is 111 Å². The van der Waals surface area contributed by atoms with Gasteiger partial charge in [-0.2, -0.15) is 0 Å². The van der Waals surface area contributed by atoms with E-state index < -0.39 is 0 Å². The molecule has 0 N–H and O–H groups in total. The minimum atomic E-state index is -0.0711. The molecule has 1 aliphatic rings. The molecule has 0 atom stereocenters. The van der Waals surface area contributed by atoms with E-state index in [2.05, 4.69) is 220 Å². The molecule has 8 aromatic rings. The topological polar surface area (TPSA) is 6.48 Å². The smallest absolute Gasteiger partial charge is 0.0666 e. The van der Waals surface area contributed by atoms with Gasteiger partial charge in [0.1, 0.15) is 0 Å². The molecule has 0 saturated carbocycles. The van der Waals surface area contributed by atoms with E-state index in [0.717, 1.165) is 24.2 Å². The third kappa shape index (κ3) is 9.42. The summed E-state index contributed by atoms with van der Waals surface area (Å²) < 4.78 is 0. The molecule has 2 nitrogen and oxygen atoms in total. The van der Waals surface area contributed by atoms with Crippen molar-refractivity contribution in [3.8, 4) is 43.1 Å². The van der Waals surface area contributed by atoms with Gasteiger partial charge in [-0.25, -0.2) is 0 Å². The summed E-state index contributed by atoms with van der Waals surface area (Å²) in [5.74, 6) is 0. The third-order valence-corrected chi connectivity index (χ3v) is 15.1. The van der Waals surface area contributed by atoms with Crippen LogP contribution in [0, 0.1) is 0 Å². The van der Waals surface area contributed by atoms with Gasteiger partial charge < -0.3 is 9.80 Å². The second-order valence-corrected chi connectivity index (χ2v) is 19.7. The second-order valence-electron chi connectivity index (χ2n) is 18.7. The van der Waals surface area contributed by atoms with Crippen LogP contribution in [0.1, 0.15) is 108 Å². The van der Waals surface area contributed by atoms with Crippen LogP contribution in [0.5, 0.6) is 0 Å². The van der Waals surface area contributed by atoms with Crippen molar-refractivity contribution >= 4 is 39.8 Å². The average Bonchev–Trinajstić information content (AvgIpc) is 3.77. The first-order valence-electron chi connectivity index (χ1n) is 24.8. The van der Waals surface area contributed by atoms with Gasteiger partial charge in [-0.15, -0.1) is 11.3 Å². The summed E-state index contributed by atoms with van der Waals surface area (Å²) in [6.45, 7) is 11.5. The highest BCUT2D eigenvalue weighted by Crippen LogP contribution is 2.54. The molecule has 0 radical (unpaired) electrons. The number of fused-ring (bicyclic) bond motifs is 1. The van der Waals surface area contributed by atoms with Crippen LogP contribution in [0.15, 0.2) is 176 Å². The van der Waals surface area contributed by atoms with Gasteiger partial charge in [-0.1, -0.05) is 181 Å². The molecule has 0 saturated heterocycles. The Kier molecular flexibility index (Phi) is 14.0. The van der Waals surface area contributed by atoms with Crippen molar-refractivity contribution in [2.24, 2.45) is 0 Å². The number of aryl methyl sites for hydroxylation is 3. The molecule has 3 heteroatoms. The summed E-state index contributed by atoms with van der Waals surface area (Å²) in [6.07, 6.45) is 13.6. The van der Waals surface area contributed by atoms with Crippen LogP contribution in [0.25, 0.3) is 43.1 Å². The molecule has 334 valence electrons. The zero-order valence-corrected chi connectivity index (χ0v) is 40.6. The molecule has 0 aliphatic carbocycles. The predicted molar refractivity (Wildman–Crippen MR) is 287 cm³/mol. The van der Waals surface area contributed by atoms with Crippen LogP contribution in [0.3, 0.4) is 0 Å². The zero-order valence-electron chi connectivity index (χ0n) is 39.8. The van der Waals surface area contributed by atoms with Gasteiger partial charge in [-0.3, -0.25) is 0 Å². The fraction of sp³-hybridized carbons (Fsp3) is 0.270. The maximum absolute atomic E-state index is 2.51. The summed E-state index contributed by atoms with van der Waals surface area (Å²) in [5.41, 5.74) is 19.1. The van der Waals surface area contributed by atoms with E-state index >= 15 is 0 Å². The minimum Gasteiger partial charge on any atom is -0.331 e. The molecule has 0 unspecified atom stereocenters. The number of nitrogens with zero attached hydrogens (tertiary/aromatic N) is 2. The molecule has 0 spiro atoms. The Bertz CT molecular complexity index is 2800. The number of rotatable bonds is 19. The lowest BCUT2D eigenvalue weighted by atomic mass is 9.79. The van der Waals surface area contributed by atoms with Gasteiger partial charge in [0.05, 0.1) is 5.54 Å². The largest absolute Gasteiger partial charge is 0.331 e. The van der Waals surface area contributed by atoms with Crippen LogP contribution < -0.4 is 9.80 Å².